The van der Waals surface area contributed by atoms with Gasteiger partial charge in [-0.15, -0.1) is 0 Å². The largest absolute Gasteiger partial charge is 0.393 e. The minimum atomic E-state index is -0.0727. The van der Waals surface area contributed by atoms with E-state index >= 15 is 0 Å². The van der Waals surface area contributed by atoms with Gasteiger partial charge in [-0.3, -0.25) is 0 Å². The Morgan fingerprint density at radius 3 is 2.63 bits per heavy atom. The van der Waals surface area contributed by atoms with E-state index in [2.05, 4.69) is 33.8 Å². The van der Waals surface area contributed by atoms with E-state index in [0.717, 1.165) is 42.4 Å². The van der Waals surface area contributed by atoms with E-state index in [9.17, 15) is 5.11 Å². The molecule has 0 amide bonds. The molecule has 3 fully saturated rings. The van der Waals surface area contributed by atoms with Crippen molar-refractivity contribution in [2.24, 2.45) is 40.4 Å². The molecule has 0 aromatic rings. The van der Waals surface area contributed by atoms with Crippen molar-refractivity contribution in [3.63, 3.8) is 0 Å². The fraction of sp³-hybridized carbons (Fsp3) is 0.923. The summed E-state index contributed by atoms with van der Waals surface area (Å²) in [4.78, 5) is 0. The summed E-state index contributed by atoms with van der Waals surface area (Å²) in [6.07, 6.45) is 18.7. The standard InChI is InChI=1S/C26H44O/c1-18(2)7-5-6-8-19-10-12-23-22-11-9-20-17-21(27)13-15-26(20,4)24(22)14-16-25(19,23)3/h9,18-19,21-24,27H,5-8,10-17H2,1-4H3/t19-,21-,22?,23?,24?,25+,26-/m0/s1. The van der Waals surface area contributed by atoms with Crippen molar-refractivity contribution in [2.45, 2.75) is 111 Å². The van der Waals surface area contributed by atoms with Crippen LogP contribution in [0.4, 0.5) is 0 Å². The van der Waals surface area contributed by atoms with Crippen LogP contribution in [0.3, 0.4) is 0 Å². The number of rotatable bonds is 5. The Morgan fingerprint density at radius 2 is 1.85 bits per heavy atom. The highest BCUT2D eigenvalue weighted by atomic mass is 16.3. The molecule has 0 bridgehead atoms. The third-order valence-corrected chi connectivity index (χ3v) is 9.86. The van der Waals surface area contributed by atoms with E-state index < -0.39 is 0 Å². The molecule has 0 saturated heterocycles. The van der Waals surface area contributed by atoms with Crippen molar-refractivity contribution >= 4 is 0 Å². The average molecular weight is 373 g/mol. The van der Waals surface area contributed by atoms with E-state index in [0.29, 0.717) is 10.8 Å². The Bertz CT molecular complexity index is 563. The van der Waals surface area contributed by atoms with Crippen LogP contribution in [-0.2, 0) is 0 Å². The number of allylic oxidation sites excluding steroid dienone is 1. The van der Waals surface area contributed by atoms with Crippen LogP contribution in [0.5, 0.6) is 0 Å². The molecule has 0 aromatic heterocycles. The molecule has 0 heterocycles. The van der Waals surface area contributed by atoms with Gasteiger partial charge < -0.3 is 5.11 Å². The van der Waals surface area contributed by atoms with Gasteiger partial charge in [-0.05, 0) is 98.2 Å². The molecule has 4 rings (SSSR count). The average Bonchev–Trinajstić information content (AvgIpc) is 2.96. The van der Waals surface area contributed by atoms with Crippen LogP contribution < -0.4 is 0 Å². The maximum Gasteiger partial charge on any atom is 0.0577 e. The molecule has 1 nitrogen and oxygen atoms in total. The van der Waals surface area contributed by atoms with Crippen LogP contribution in [0, 0.1) is 40.4 Å². The topological polar surface area (TPSA) is 20.2 Å². The summed E-state index contributed by atoms with van der Waals surface area (Å²) in [7, 11) is 0. The Morgan fingerprint density at radius 1 is 1.04 bits per heavy atom. The zero-order valence-corrected chi connectivity index (χ0v) is 18.5. The highest BCUT2D eigenvalue weighted by Gasteiger charge is 2.58. The zero-order valence-electron chi connectivity index (χ0n) is 18.5. The Hall–Kier alpha value is -0.300. The molecule has 0 aromatic carbocycles. The molecular weight excluding hydrogens is 328 g/mol. The van der Waals surface area contributed by atoms with E-state index in [4.69, 9.17) is 0 Å². The highest BCUT2D eigenvalue weighted by Crippen LogP contribution is 2.66. The van der Waals surface area contributed by atoms with Crippen LogP contribution >= 0.6 is 0 Å². The van der Waals surface area contributed by atoms with Gasteiger partial charge in [-0.1, -0.05) is 58.6 Å². The fourth-order valence-electron chi connectivity index (χ4n) is 8.17. The van der Waals surface area contributed by atoms with Gasteiger partial charge in [-0.2, -0.15) is 0 Å². The van der Waals surface area contributed by atoms with Gasteiger partial charge in [0.15, 0.2) is 0 Å². The fourth-order valence-corrected chi connectivity index (χ4v) is 8.17. The molecule has 4 aliphatic rings. The number of hydrogen-bond donors (Lipinski definition) is 1. The summed E-state index contributed by atoms with van der Waals surface area (Å²) in [6, 6.07) is 0. The first-order chi connectivity index (χ1) is 12.8. The second-order valence-electron chi connectivity index (χ2n) is 11.7. The Balaban J connectivity index is 1.46. The van der Waals surface area contributed by atoms with Crippen LogP contribution in [0.1, 0.15) is 105 Å². The van der Waals surface area contributed by atoms with Gasteiger partial charge >= 0.3 is 0 Å². The maximum atomic E-state index is 10.2. The van der Waals surface area contributed by atoms with Gasteiger partial charge in [0.05, 0.1) is 6.10 Å². The predicted molar refractivity (Wildman–Crippen MR) is 115 cm³/mol. The molecule has 3 saturated carbocycles. The van der Waals surface area contributed by atoms with E-state index in [1.54, 1.807) is 5.57 Å². The number of aliphatic hydroxyl groups excluding tert-OH is 1. The quantitative estimate of drug-likeness (QED) is 0.401. The van der Waals surface area contributed by atoms with Gasteiger partial charge in [0.25, 0.3) is 0 Å². The highest BCUT2D eigenvalue weighted by molar-refractivity contribution is 5.25. The van der Waals surface area contributed by atoms with Crippen LogP contribution in [0.25, 0.3) is 0 Å². The maximum absolute atomic E-state index is 10.2. The summed E-state index contributed by atoms with van der Waals surface area (Å²) in [5.41, 5.74) is 2.64. The monoisotopic (exact) mass is 372 g/mol. The van der Waals surface area contributed by atoms with Crippen LogP contribution in [0.2, 0.25) is 0 Å². The third kappa shape index (κ3) is 3.45. The lowest BCUT2D eigenvalue weighted by Crippen LogP contribution is -2.50. The van der Waals surface area contributed by atoms with Crippen molar-refractivity contribution in [2.75, 3.05) is 0 Å². The zero-order chi connectivity index (χ0) is 19.2. The summed E-state index contributed by atoms with van der Waals surface area (Å²) in [5, 5.41) is 10.2. The molecule has 154 valence electrons. The second kappa shape index (κ2) is 7.51. The summed E-state index contributed by atoms with van der Waals surface area (Å²) in [6.45, 7) is 9.97. The number of aliphatic hydroxyl groups is 1. The summed E-state index contributed by atoms with van der Waals surface area (Å²) >= 11 is 0. The lowest BCUT2D eigenvalue weighted by Gasteiger charge is -2.58. The molecule has 27 heavy (non-hydrogen) atoms. The minimum absolute atomic E-state index is 0.0727. The van der Waals surface area contributed by atoms with Crippen molar-refractivity contribution in [3.8, 4) is 0 Å². The first-order valence-electron chi connectivity index (χ1n) is 12.2. The van der Waals surface area contributed by atoms with Gasteiger partial charge in [0, 0.05) is 0 Å². The molecule has 0 radical (unpaired) electrons. The summed E-state index contributed by atoms with van der Waals surface area (Å²) in [5.74, 6) is 4.64. The van der Waals surface area contributed by atoms with Crippen LogP contribution in [-0.4, -0.2) is 11.2 Å². The van der Waals surface area contributed by atoms with Crippen molar-refractivity contribution < 1.29 is 5.11 Å². The molecule has 3 unspecified atom stereocenters. The number of hydrogen-bond acceptors (Lipinski definition) is 1. The SMILES string of the molecule is CC(C)CCCC[C@H]1CCC2C3CC=C4C[C@@H](O)CC[C@]4(C)C3CC[C@@]21C. The number of unbranched alkanes of at least 4 members (excludes halogenated alkanes) is 1. The Kier molecular flexibility index (Phi) is 5.56. The van der Waals surface area contributed by atoms with Gasteiger partial charge in [-0.25, -0.2) is 0 Å². The minimum Gasteiger partial charge on any atom is -0.393 e. The van der Waals surface area contributed by atoms with Crippen LogP contribution in [0.15, 0.2) is 11.6 Å². The molecule has 0 aliphatic heterocycles. The lowest BCUT2D eigenvalue weighted by molar-refractivity contribution is -0.0508. The smallest absolute Gasteiger partial charge is 0.0577 e. The predicted octanol–water partition coefficient (Wildman–Crippen LogP) is 7.14. The van der Waals surface area contributed by atoms with Crippen molar-refractivity contribution in [3.05, 3.63) is 11.6 Å². The second-order valence-corrected chi connectivity index (χ2v) is 11.7. The molecule has 4 aliphatic carbocycles. The third-order valence-electron chi connectivity index (χ3n) is 9.86. The first-order valence-corrected chi connectivity index (χ1v) is 12.2. The van der Waals surface area contributed by atoms with Crippen molar-refractivity contribution in [1.29, 1.82) is 0 Å². The summed E-state index contributed by atoms with van der Waals surface area (Å²) < 4.78 is 0. The Labute approximate surface area is 168 Å². The molecule has 1 heteroatoms. The molecule has 7 atom stereocenters. The normalized spacial score (nSPS) is 46.6. The van der Waals surface area contributed by atoms with E-state index in [1.807, 2.05) is 0 Å². The molecular formula is C26H44O. The van der Waals surface area contributed by atoms with E-state index in [-0.39, 0.29) is 6.10 Å². The van der Waals surface area contributed by atoms with Crippen molar-refractivity contribution in [1.82, 2.24) is 0 Å². The van der Waals surface area contributed by atoms with E-state index in [1.165, 1.54) is 64.2 Å². The lowest BCUT2D eigenvalue weighted by atomic mass is 9.47. The van der Waals surface area contributed by atoms with Gasteiger partial charge in [0.2, 0.25) is 0 Å². The first kappa shape index (κ1) is 20.0. The molecule has 0 spiro atoms. The van der Waals surface area contributed by atoms with Gasteiger partial charge in [0.1, 0.15) is 0 Å². The number of fused-ring (bicyclic) bond motifs is 5. The molecule has 1 N–H and O–H groups in total.